The molecule has 1 aliphatic rings. The van der Waals surface area contributed by atoms with Crippen LogP contribution in [0, 0.1) is 12.7 Å². The Balaban J connectivity index is 1.71. The first-order valence-electron chi connectivity index (χ1n) is 7.77. The number of benzene rings is 2. The van der Waals surface area contributed by atoms with Crippen molar-refractivity contribution in [3.05, 3.63) is 70.7 Å². The Kier molecular flexibility index (Phi) is 3.18. The number of fused-ring (bicyclic) bond motifs is 3. The van der Waals surface area contributed by atoms with E-state index in [2.05, 4.69) is 30.1 Å². The number of amides is 1. The summed E-state index contributed by atoms with van der Waals surface area (Å²) in [4.78, 5) is 17.8. The van der Waals surface area contributed by atoms with Gasteiger partial charge in [-0.15, -0.1) is 0 Å². The molecule has 1 aromatic heterocycles. The third-order valence-corrected chi connectivity index (χ3v) is 4.52. The molecule has 4 heteroatoms. The number of aryl methyl sites for hydroxylation is 1. The molecule has 3 nitrogen and oxygen atoms in total. The zero-order chi connectivity index (χ0) is 16.0. The maximum absolute atomic E-state index is 13.9. The zero-order valence-corrected chi connectivity index (χ0v) is 12.9. The lowest BCUT2D eigenvalue weighted by atomic mass is 10.0. The fraction of sp³-hybridized carbons (Fsp3) is 0.211. The van der Waals surface area contributed by atoms with Gasteiger partial charge in [0.25, 0.3) is 5.91 Å². The van der Waals surface area contributed by atoms with Gasteiger partial charge in [-0.25, -0.2) is 4.39 Å². The first-order valence-corrected chi connectivity index (χ1v) is 7.77. The fourth-order valence-corrected chi connectivity index (χ4v) is 3.31. The monoisotopic (exact) mass is 308 g/mol. The minimum Gasteiger partial charge on any atom is -0.358 e. The van der Waals surface area contributed by atoms with Crippen molar-refractivity contribution in [3.8, 4) is 0 Å². The molecule has 4 rings (SSSR count). The van der Waals surface area contributed by atoms with Crippen molar-refractivity contribution < 1.29 is 9.18 Å². The lowest BCUT2D eigenvalue weighted by molar-refractivity contribution is 0.0730. The van der Waals surface area contributed by atoms with Gasteiger partial charge in [0.2, 0.25) is 0 Å². The van der Waals surface area contributed by atoms with E-state index in [1.165, 1.54) is 17.3 Å². The van der Waals surface area contributed by atoms with Gasteiger partial charge >= 0.3 is 0 Å². The molecule has 1 aliphatic heterocycles. The summed E-state index contributed by atoms with van der Waals surface area (Å²) >= 11 is 0. The Morgan fingerprint density at radius 2 is 2.04 bits per heavy atom. The van der Waals surface area contributed by atoms with Gasteiger partial charge in [-0.2, -0.15) is 0 Å². The topological polar surface area (TPSA) is 36.1 Å². The van der Waals surface area contributed by atoms with Crippen LogP contribution in [-0.2, 0) is 13.0 Å². The Morgan fingerprint density at radius 3 is 2.87 bits per heavy atom. The van der Waals surface area contributed by atoms with Gasteiger partial charge in [0, 0.05) is 41.7 Å². The number of nitrogens with one attached hydrogen (secondary N) is 1. The molecule has 1 N–H and O–H groups in total. The number of carbonyl (C=O) groups is 1. The van der Waals surface area contributed by atoms with Crippen LogP contribution in [-0.4, -0.2) is 22.3 Å². The number of nitrogens with zero attached hydrogens (tertiary/aromatic N) is 1. The van der Waals surface area contributed by atoms with Gasteiger partial charge in [-0.05, 0) is 31.2 Å². The van der Waals surface area contributed by atoms with E-state index in [1.54, 1.807) is 23.1 Å². The van der Waals surface area contributed by atoms with E-state index in [1.807, 2.05) is 0 Å². The van der Waals surface area contributed by atoms with Crippen molar-refractivity contribution in [2.24, 2.45) is 0 Å². The maximum Gasteiger partial charge on any atom is 0.257 e. The summed E-state index contributed by atoms with van der Waals surface area (Å²) in [6.45, 7) is 3.18. The van der Waals surface area contributed by atoms with Gasteiger partial charge in [0.1, 0.15) is 5.82 Å². The number of halogens is 1. The Hall–Kier alpha value is -2.62. The van der Waals surface area contributed by atoms with E-state index in [4.69, 9.17) is 0 Å². The van der Waals surface area contributed by atoms with Crippen LogP contribution in [0.2, 0.25) is 0 Å². The highest BCUT2D eigenvalue weighted by molar-refractivity contribution is 5.95. The van der Waals surface area contributed by atoms with Crippen LogP contribution < -0.4 is 0 Å². The van der Waals surface area contributed by atoms with Crippen LogP contribution in [0.3, 0.4) is 0 Å². The molecule has 0 radical (unpaired) electrons. The van der Waals surface area contributed by atoms with Crippen LogP contribution in [0.25, 0.3) is 10.9 Å². The average Bonchev–Trinajstić information content (AvgIpc) is 2.92. The normalized spacial score (nSPS) is 14.1. The molecule has 0 saturated heterocycles. The highest BCUT2D eigenvalue weighted by Crippen LogP contribution is 2.29. The van der Waals surface area contributed by atoms with E-state index in [0.717, 1.165) is 22.9 Å². The van der Waals surface area contributed by atoms with Gasteiger partial charge in [0.05, 0.1) is 5.56 Å². The Morgan fingerprint density at radius 1 is 1.22 bits per heavy atom. The SMILES string of the molecule is Cc1ccc2[nH]c3c(c2c1)CN(C(=O)c1ccccc1F)CC3. The van der Waals surface area contributed by atoms with E-state index < -0.39 is 5.82 Å². The summed E-state index contributed by atoms with van der Waals surface area (Å²) in [5.41, 5.74) is 4.77. The molecule has 0 spiro atoms. The van der Waals surface area contributed by atoms with Gasteiger partial charge < -0.3 is 9.88 Å². The van der Waals surface area contributed by atoms with E-state index in [-0.39, 0.29) is 11.5 Å². The van der Waals surface area contributed by atoms with Gasteiger partial charge in [-0.3, -0.25) is 4.79 Å². The van der Waals surface area contributed by atoms with Crippen LogP contribution in [0.4, 0.5) is 4.39 Å². The molecule has 3 aromatic rings. The molecule has 0 bridgehead atoms. The van der Waals surface area contributed by atoms with Gasteiger partial charge in [-0.1, -0.05) is 23.8 Å². The van der Waals surface area contributed by atoms with Crippen molar-refractivity contribution >= 4 is 16.8 Å². The second kappa shape index (κ2) is 5.23. The zero-order valence-electron chi connectivity index (χ0n) is 12.9. The summed E-state index contributed by atoms with van der Waals surface area (Å²) in [5, 5.41) is 1.16. The molecule has 23 heavy (non-hydrogen) atoms. The highest BCUT2D eigenvalue weighted by Gasteiger charge is 2.26. The van der Waals surface area contributed by atoms with Crippen molar-refractivity contribution in [3.63, 3.8) is 0 Å². The van der Waals surface area contributed by atoms with Crippen LogP contribution in [0.1, 0.15) is 27.2 Å². The number of aromatic amines is 1. The molecule has 0 aliphatic carbocycles. The molecular formula is C19H17FN2O. The molecule has 0 fully saturated rings. The fourth-order valence-electron chi connectivity index (χ4n) is 3.31. The lowest BCUT2D eigenvalue weighted by Gasteiger charge is -2.27. The standard InChI is InChI=1S/C19H17FN2O/c1-12-6-7-17-14(10-12)15-11-22(9-8-18(15)21-17)19(23)13-4-2-3-5-16(13)20/h2-7,10,21H,8-9,11H2,1H3. The van der Waals surface area contributed by atoms with Crippen LogP contribution >= 0.6 is 0 Å². The number of aromatic nitrogens is 1. The number of hydrogen-bond acceptors (Lipinski definition) is 1. The number of H-pyrrole nitrogens is 1. The molecule has 0 atom stereocenters. The molecule has 0 unspecified atom stereocenters. The van der Waals surface area contributed by atoms with E-state index in [0.29, 0.717) is 13.1 Å². The Labute approximate surface area is 133 Å². The average molecular weight is 308 g/mol. The molecular weight excluding hydrogens is 291 g/mol. The van der Waals surface area contributed by atoms with Crippen molar-refractivity contribution in [1.29, 1.82) is 0 Å². The quantitative estimate of drug-likeness (QED) is 0.729. The first kappa shape index (κ1) is 14.0. The van der Waals surface area contributed by atoms with Crippen molar-refractivity contribution in [2.75, 3.05) is 6.54 Å². The smallest absolute Gasteiger partial charge is 0.257 e. The molecule has 2 aromatic carbocycles. The third-order valence-electron chi connectivity index (χ3n) is 4.52. The predicted octanol–water partition coefficient (Wildman–Crippen LogP) is 3.81. The molecule has 0 saturated carbocycles. The maximum atomic E-state index is 13.9. The number of carbonyl (C=O) groups excluding carboxylic acids is 1. The van der Waals surface area contributed by atoms with Crippen LogP contribution in [0.15, 0.2) is 42.5 Å². The largest absolute Gasteiger partial charge is 0.358 e. The minimum atomic E-state index is -0.460. The van der Waals surface area contributed by atoms with Crippen molar-refractivity contribution in [2.45, 2.75) is 19.9 Å². The third kappa shape index (κ3) is 2.31. The second-order valence-electron chi connectivity index (χ2n) is 6.09. The summed E-state index contributed by atoms with van der Waals surface area (Å²) in [5.74, 6) is -0.700. The number of hydrogen-bond donors (Lipinski definition) is 1. The van der Waals surface area contributed by atoms with Gasteiger partial charge in [0.15, 0.2) is 0 Å². The molecule has 116 valence electrons. The van der Waals surface area contributed by atoms with E-state index >= 15 is 0 Å². The first-order chi connectivity index (χ1) is 11.1. The lowest BCUT2D eigenvalue weighted by Crippen LogP contribution is -2.36. The highest BCUT2D eigenvalue weighted by atomic mass is 19.1. The Bertz CT molecular complexity index is 913. The summed E-state index contributed by atoms with van der Waals surface area (Å²) in [7, 11) is 0. The summed E-state index contributed by atoms with van der Waals surface area (Å²) in [6, 6.07) is 12.5. The van der Waals surface area contributed by atoms with Crippen molar-refractivity contribution in [1.82, 2.24) is 9.88 Å². The summed E-state index contributed by atoms with van der Waals surface area (Å²) < 4.78 is 13.9. The minimum absolute atomic E-state index is 0.145. The second-order valence-corrected chi connectivity index (χ2v) is 6.09. The molecule has 1 amide bonds. The van der Waals surface area contributed by atoms with Crippen LogP contribution in [0.5, 0.6) is 0 Å². The molecule has 2 heterocycles. The summed E-state index contributed by atoms with van der Waals surface area (Å²) in [6.07, 6.45) is 0.767. The predicted molar refractivity (Wildman–Crippen MR) is 87.9 cm³/mol. The number of rotatable bonds is 1. The van der Waals surface area contributed by atoms with E-state index in [9.17, 15) is 9.18 Å².